The largest absolute Gasteiger partial charge is 0.467 e. The fourth-order valence-corrected chi connectivity index (χ4v) is 2.08. The third-order valence-electron chi connectivity index (χ3n) is 3.08. The summed E-state index contributed by atoms with van der Waals surface area (Å²) in [7, 11) is 0. The Morgan fingerprint density at radius 2 is 2.47 bits per heavy atom. The van der Waals surface area contributed by atoms with E-state index in [2.05, 4.69) is 5.32 Å². The van der Waals surface area contributed by atoms with Crippen LogP contribution in [0.1, 0.15) is 19.1 Å². The highest BCUT2D eigenvalue weighted by Crippen LogP contribution is 2.20. The molecule has 6 heteroatoms. The summed E-state index contributed by atoms with van der Waals surface area (Å²) in [5.41, 5.74) is 0. The Balaban J connectivity index is 1.86. The van der Waals surface area contributed by atoms with E-state index in [-0.39, 0.29) is 30.7 Å². The second kappa shape index (κ2) is 5.88. The number of carbonyl (C=O) groups is 2. The molecule has 2 heterocycles. The van der Waals surface area contributed by atoms with Gasteiger partial charge in [0.2, 0.25) is 11.8 Å². The molecule has 0 aliphatic carbocycles. The normalized spacial score (nSPS) is 20.6. The minimum atomic E-state index is -0.583. The summed E-state index contributed by atoms with van der Waals surface area (Å²) >= 11 is 0. The molecule has 6 nitrogen and oxygen atoms in total. The molecule has 0 saturated carbocycles. The fraction of sp³-hybridized carbons (Fsp3) is 0.538. The summed E-state index contributed by atoms with van der Waals surface area (Å²) in [6, 6.07) is 3.57. The predicted octanol–water partition coefficient (Wildman–Crippen LogP) is 0.125. The molecule has 1 aliphatic heterocycles. The summed E-state index contributed by atoms with van der Waals surface area (Å²) in [5, 5.41) is 11.7. The second-order valence-corrected chi connectivity index (χ2v) is 4.85. The zero-order valence-electron chi connectivity index (χ0n) is 10.8. The van der Waals surface area contributed by atoms with E-state index in [4.69, 9.17) is 9.52 Å². The SMILES string of the molecule is CC(O)CNC(=O)C1CC(=O)N(Cc2ccco2)C1. The summed E-state index contributed by atoms with van der Waals surface area (Å²) in [4.78, 5) is 25.2. The van der Waals surface area contributed by atoms with E-state index in [1.165, 1.54) is 0 Å². The summed E-state index contributed by atoms with van der Waals surface area (Å²) in [6.45, 7) is 2.60. The minimum Gasteiger partial charge on any atom is -0.467 e. The number of furan rings is 1. The molecule has 2 unspecified atom stereocenters. The van der Waals surface area contributed by atoms with Gasteiger partial charge < -0.3 is 19.7 Å². The van der Waals surface area contributed by atoms with Crippen LogP contribution < -0.4 is 5.32 Å². The van der Waals surface area contributed by atoms with Gasteiger partial charge in [-0.25, -0.2) is 0 Å². The Labute approximate surface area is 111 Å². The Morgan fingerprint density at radius 1 is 1.68 bits per heavy atom. The van der Waals surface area contributed by atoms with Gasteiger partial charge in [0.15, 0.2) is 0 Å². The zero-order chi connectivity index (χ0) is 13.8. The molecule has 0 bridgehead atoms. The number of aliphatic hydroxyl groups excluding tert-OH is 1. The van der Waals surface area contributed by atoms with Crippen molar-refractivity contribution in [3.05, 3.63) is 24.2 Å². The summed E-state index contributed by atoms with van der Waals surface area (Å²) in [5.74, 6) is 0.129. The Kier molecular flexibility index (Phi) is 4.21. The molecule has 2 N–H and O–H groups in total. The molecule has 104 valence electrons. The molecular weight excluding hydrogens is 248 g/mol. The molecular formula is C13H18N2O4. The van der Waals surface area contributed by atoms with Gasteiger partial charge in [0.1, 0.15) is 5.76 Å². The number of carbonyl (C=O) groups excluding carboxylic acids is 2. The Morgan fingerprint density at radius 3 is 3.11 bits per heavy atom. The van der Waals surface area contributed by atoms with Gasteiger partial charge in [-0.3, -0.25) is 9.59 Å². The predicted molar refractivity (Wildman–Crippen MR) is 66.9 cm³/mol. The van der Waals surface area contributed by atoms with Crippen LogP contribution in [0.2, 0.25) is 0 Å². The van der Waals surface area contributed by atoms with Crippen molar-refractivity contribution in [1.82, 2.24) is 10.2 Å². The molecule has 1 fully saturated rings. The van der Waals surface area contributed by atoms with E-state index < -0.39 is 6.10 Å². The molecule has 1 aromatic heterocycles. The van der Waals surface area contributed by atoms with Crippen LogP contribution in [0.4, 0.5) is 0 Å². The smallest absolute Gasteiger partial charge is 0.225 e. The van der Waals surface area contributed by atoms with Gasteiger partial charge in [-0.15, -0.1) is 0 Å². The van der Waals surface area contributed by atoms with Gasteiger partial charge >= 0.3 is 0 Å². The minimum absolute atomic E-state index is 0.0476. The number of amides is 2. The lowest BCUT2D eigenvalue weighted by atomic mass is 10.1. The van der Waals surface area contributed by atoms with E-state index in [9.17, 15) is 9.59 Å². The van der Waals surface area contributed by atoms with Crippen molar-refractivity contribution in [3.8, 4) is 0 Å². The van der Waals surface area contributed by atoms with Crippen molar-refractivity contribution in [2.24, 2.45) is 5.92 Å². The van der Waals surface area contributed by atoms with Crippen LogP contribution in [0, 0.1) is 5.92 Å². The van der Waals surface area contributed by atoms with Crippen LogP contribution in [0.5, 0.6) is 0 Å². The number of hydrogen-bond donors (Lipinski definition) is 2. The van der Waals surface area contributed by atoms with Gasteiger partial charge in [0, 0.05) is 19.5 Å². The molecule has 1 aliphatic rings. The maximum Gasteiger partial charge on any atom is 0.225 e. The molecule has 0 radical (unpaired) electrons. The van der Waals surface area contributed by atoms with E-state index in [0.29, 0.717) is 18.8 Å². The second-order valence-electron chi connectivity index (χ2n) is 4.85. The summed E-state index contributed by atoms with van der Waals surface area (Å²) in [6.07, 6.45) is 1.19. The zero-order valence-corrected chi connectivity index (χ0v) is 10.8. The van der Waals surface area contributed by atoms with Crippen LogP contribution >= 0.6 is 0 Å². The first kappa shape index (κ1) is 13.6. The van der Waals surface area contributed by atoms with Gasteiger partial charge in [0.05, 0.1) is 24.8 Å². The number of nitrogens with zero attached hydrogens (tertiary/aromatic N) is 1. The number of nitrogens with one attached hydrogen (secondary N) is 1. The van der Waals surface area contributed by atoms with Crippen molar-refractivity contribution in [3.63, 3.8) is 0 Å². The van der Waals surface area contributed by atoms with Crippen LogP contribution in [0.15, 0.2) is 22.8 Å². The molecule has 2 amide bonds. The molecule has 1 aromatic rings. The highest BCUT2D eigenvalue weighted by molar-refractivity contribution is 5.89. The van der Waals surface area contributed by atoms with Crippen LogP contribution in [0.25, 0.3) is 0 Å². The van der Waals surface area contributed by atoms with Crippen LogP contribution in [-0.4, -0.2) is 41.0 Å². The van der Waals surface area contributed by atoms with Crippen molar-refractivity contribution in [2.75, 3.05) is 13.1 Å². The maximum atomic E-state index is 11.8. The fourth-order valence-electron chi connectivity index (χ4n) is 2.08. The van der Waals surface area contributed by atoms with E-state index >= 15 is 0 Å². The van der Waals surface area contributed by atoms with Gasteiger partial charge in [0.25, 0.3) is 0 Å². The quantitative estimate of drug-likeness (QED) is 0.793. The first-order valence-corrected chi connectivity index (χ1v) is 6.32. The molecule has 19 heavy (non-hydrogen) atoms. The molecule has 0 spiro atoms. The van der Waals surface area contributed by atoms with E-state index in [1.54, 1.807) is 30.2 Å². The topological polar surface area (TPSA) is 82.8 Å². The van der Waals surface area contributed by atoms with E-state index in [0.717, 1.165) is 0 Å². The van der Waals surface area contributed by atoms with Crippen molar-refractivity contribution in [1.29, 1.82) is 0 Å². The van der Waals surface area contributed by atoms with Crippen LogP contribution in [0.3, 0.4) is 0 Å². The first-order valence-electron chi connectivity index (χ1n) is 6.32. The third kappa shape index (κ3) is 3.57. The average molecular weight is 266 g/mol. The highest BCUT2D eigenvalue weighted by Gasteiger charge is 2.34. The number of rotatable bonds is 5. The molecule has 2 rings (SSSR count). The van der Waals surface area contributed by atoms with Gasteiger partial charge in [-0.05, 0) is 19.1 Å². The van der Waals surface area contributed by atoms with Crippen LogP contribution in [-0.2, 0) is 16.1 Å². The van der Waals surface area contributed by atoms with Gasteiger partial charge in [-0.1, -0.05) is 0 Å². The first-order chi connectivity index (χ1) is 9.06. The molecule has 0 aromatic carbocycles. The van der Waals surface area contributed by atoms with Gasteiger partial charge in [-0.2, -0.15) is 0 Å². The van der Waals surface area contributed by atoms with Crippen molar-refractivity contribution >= 4 is 11.8 Å². The Hall–Kier alpha value is -1.82. The summed E-state index contributed by atoms with van der Waals surface area (Å²) < 4.78 is 5.19. The average Bonchev–Trinajstić information content (AvgIpc) is 2.98. The molecule has 1 saturated heterocycles. The van der Waals surface area contributed by atoms with Crippen molar-refractivity contribution in [2.45, 2.75) is 26.0 Å². The maximum absolute atomic E-state index is 11.8. The lowest BCUT2D eigenvalue weighted by Gasteiger charge is -2.15. The number of aliphatic hydroxyl groups is 1. The number of hydrogen-bond acceptors (Lipinski definition) is 4. The van der Waals surface area contributed by atoms with Crippen molar-refractivity contribution < 1.29 is 19.1 Å². The molecule has 2 atom stereocenters. The lowest BCUT2D eigenvalue weighted by molar-refractivity contribution is -0.129. The Bertz CT molecular complexity index is 442. The number of likely N-dealkylation sites (tertiary alicyclic amines) is 1. The third-order valence-corrected chi connectivity index (χ3v) is 3.08. The van der Waals surface area contributed by atoms with E-state index in [1.807, 2.05) is 0 Å². The lowest BCUT2D eigenvalue weighted by Crippen LogP contribution is -2.36. The standard InChI is InChI=1S/C13H18N2O4/c1-9(16)6-14-13(18)10-5-12(17)15(7-10)8-11-3-2-4-19-11/h2-4,9-10,16H,5-8H2,1H3,(H,14,18). The monoisotopic (exact) mass is 266 g/mol. The highest BCUT2D eigenvalue weighted by atomic mass is 16.3.